The second-order valence-electron chi connectivity index (χ2n) is 6.60. The predicted molar refractivity (Wildman–Crippen MR) is 91.3 cm³/mol. The van der Waals surface area contributed by atoms with E-state index in [-0.39, 0.29) is 11.5 Å². The van der Waals surface area contributed by atoms with Crippen LogP contribution in [-0.2, 0) is 10.2 Å². The SMILES string of the molecule is O=C(O)c1cccc(C2CCCN(S(=O)(=O)N3CCCCC3)C2)c1. The first kappa shape index (κ1) is 17.4. The van der Waals surface area contributed by atoms with Gasteiger partial charge in [-0.05, 0) is 49.3 Å². The van der Waals surface area contributed by atoms with Crippen molar-refractivity contribution in [3.63, 3.8) is 0 Å². The van der Waals surface area contributed by atoms with E-state index in [1.54, 1.807) is 26.8 Å². The lowest BCUT2D eigenvalue weighted by molar-refractivity contribution is 0.0696. The highest BCUT2D eigenvalue weighted by atomic mass is 32.2. The maximum Gasteiger partial charge on any atom is 0.335 e. The number of nitrogens with zero attached hydrogens (tertiary/aromatic N) is 2. The first-order valence-corrected chi connectivity index (χ1v) is 9.96. The van der Waals surface area contributed by atoms with Gasteiger partial charge in [0.2, 0.25) is 0 Å². The van der Waals surface area contributed by atoms with Gasteiger partial charge in [-0.2, -0.15) is 17.0 Å². The molecule has 0 spiro atoms. The van der Waals surface area contributed by atoms with E-state index in [1.165, 1.54) is 0 Å². The molecule has 0 amide bonds. The number of carbonyl (C=O) groups is 1. The zero-order valence-corrected chi connectivity index (χ0v) is 14.5. The molecule has 0 aromatic heterocycles. The van der Waals surface area contributed by atoms with Crippen LogP contribution in [0, 0.1) is 0 Å². The molecule has 0 radical (unpaired) electrons. The number of piperidine rings is 2. The van der Waals surface area contributed by atoms with Gasteiger partial charge >= 0.3 is 5.97 Å². The highest BCUT2D eigenvalue weighted by Gasteiger charge is 2.34. The fourth-order valence-corrected chi connectivity index (χ4v) is 5.38. The first-order valence-electron chi connectivity index (χ1n) is 8.57. The summed E-state index contributed by atoms with van der Waals surface area (Å²) in [7, 11) is -3.40. The van der Waals surface area contributed by atoms with E-state index in [9.17, 15) is 13.2 Å². The molecule has 0 bridgehead atoms. The molecule has 1 aromatic carbocycles. The average Bonchev–Trinajstić information content (AvgIpc) is 2.62. The van der Waals surface area contributed by atoms with Gasteiger partial charge in [-0.1, -0.05) is 18.6 Å². The molecule has 132 valence electrons. The van der Waals surface area contributed by atoms with Crippen LogP contribution in [0.15, 0.2) is 24.3 Å². The highest BCUT2D eigenvalue weighted by molar-refractivity contribution is 7.86. The zero-order valence-electron chi connectivity index (χ0n) is 13.7. The number of benzene rings is 1. The van der Waals surface area contributed by atoms with E-state index in [2.05, 4.69) is 0 Å². The summed E-state index contributed by atoms with van der Waals surface area (Å²) in [5.74, 6) is -0.900. The molecule has 1 unspecified atom stereocenters. The molecule has 0 aliphatic carbocycles. The summed E-state index contributed by atoms with van der Waals surface area (Å²) < 4.78 is 28.9. The van der Waals surface area contributed by atoms with Gasteiger partial charge in [0.05, 0.1) is 5.56 Å². The number of carboxylic acids is 1. The quantitative estimate of drug-likeness (QED) is 0.902. The Hall–Kier alpha value is -1.44. The largest absolute Gasteiger partial charge is 0.478 e. The lowest BCUT2D eigenvalue weighted by Crippen LogP contribution is -2.49. The van der Waals surface area contributed by atoms with Crippen LogP contribution < -0.4 is 0 Å². The summed E-state index contributed by atoms with van der Waals surface area (Å²) in [6.45, 7) is 2.20. The van der Waals surface area contributed by atoms with Crippen LogP contribution in [0.25, 0.3) is 0 Å². The Morgan fingerprint density at radius 2 is 1.75 bits per heavy atom. The van der Waals surface area contributed by atoms with E-state index in [4.69, 9.17) is 5.11 Å². The van der Waals surface area contributed by atoms with E-state index in [0.29, 0.717) is 26.2 Å². The topological polar surface area (TPSA) is 77.9 Å². The third-order valence-corrected chi connectivity index (χ3v) is 6.96. The summed E-state index contributed by atoms with van der Waals surface area (Å²) in [4.78, 5) is 11.2. The van der Waals surface area contributed by atoms with Crippen LogP contribution in [0.5, 0.6) is 0 Å². The summed E-state index contributed by atoms with van der Waals surface area (Å²) in [6.07, 6.45) is 4.63. The number of hydrogen-bond acceptors (Lipinski definition) is 3. The van der Waals surface area contributed by atoms with Crippen LogP contribution in [0.1, 0.15) is 53.9 Å². The fraction of sp³-hybridized carbons (Fsp3) is 0.588. The molecule has 2 saturated heterocycles. The molecule has 24 heavy (non-hydrogen) atoms. The van der Waals surface area contributed by atoms with Gasteiger partial charge in [0, 0.05) is 26.2 Å². The monoisotopic (exact) mass is 352 g/mol. The minimum atomic E-state index is -3.40. The highest BCUT2D eigenvalue weighted by Crippen LogP contribution is 2.30. The van der Waals surface area contributed by atoms with E-state index in [1.807, 2.05) is 6.07 Å². The van der Waals surface area contributed by atoms with Crippen molar-refractivity contribution < 1.29 is 18.3 Å². The van der Waals surface area contributed by atoms with Crippen molar-refractivity contribution in [3.8, 4) is 0 Å². The Morgan fingerprint density at radius 1 is 1.04 bits per heavy atom. The molecule has 6 nitrogen and oxygen atoms in total. The summed E-state index contributed by atoms with van der Waals surface area (Å²) in [5.41, 5.74) is 1.16. The van der Waals surface area contributed by atoms with Gasteiger partial charge in [-0.25, -0.2) is 4.79 Å². The van der Waals surface area contributed by atoms with E-state index < -0.39 is 16.2 Å². The Balaban J connectivity index is 1.76. The van der Waals surface area contributed by atoms with Crippen LogP contribution in [0.2, 0.25) is 0 Å². The Morgan fingerprint density at radius 3 is 2.46 bits per heavy atom. The summed E-state index contributed by atoms with van der Waals surface area (Å²) in [5, 5.41) is 9.15. The van der Waals surface area contributed by atoms with Gasteiger partial charge < -0.3 is 5.11 Å². The van der Waals surface area contributed by atoms with E-state index >= 15 is 0 Å². The number of aromatic carboxylic acids is 1. The molecule has 1 N–H and O–H groups in total. The van der Waals surface area contributed by atoms with Crippen molar-refractivity contribution in [2.24, 2.45) is 0 Å². The van der Waals surface area contributed by atoms with Crippen LogP contribution in [-0.4, -0.2) is 54.3 Å². The molecule has 0 saturated carbocycles. The molecule has 7 heteroatoms. The number of rotatable bonds is 4. The third kappa shape index (κ3) is 3.63. The van der Waals surface area contributed by atoms with Crippen LogP contribution in [0.4, 0.5) is 0 Å². The molecule has 2 heterocycles. The van der Waals surface area contributed by atoms with Gasteiger partial charge in [0.25, 0.3) is 10.2 Å². The van der Waals surface area contributed by atoms with Crippen molar-refractivity contribution in [2.75, 3.05) is 26.2 Å². The van der Waals surface area contributed by atoms with Crippen molar-refractivity contribution in [2.45, 2.75) is 38.0 Å². The second kappa shape index (κ2) is 7.21. The van der Waals surface area contributed by atoms with Crippen LogP contribution in [0.3, 0.4) is 0 Å². The summed E-state index contributed by atoms with van der Waals surface area (Å²) >= 11 is 0. The number of hydrogen-bond donors (Lipinski definition) is 1. The molecular weight excluding hydrogens is 328 g/mol. The predicted octanol–water partition coefficient (Wildman–Crippen LogP) is 2.29. The molecule has 1 aromatic rings. The van der Waals surface area contributed by atoms with Gasteiger partial charge in [0.15, 0.2) is 0 Å². The minimum Gasteiger partial charge on any atom is -0.478 e. The van der Waals surface area contributed by atoms with Gasteiger partial charge in [-0.15, -0.1) is 0 Å². The van der Waals surface area contributed by atoms with Crippen molar-refractivity contribution >= 4 is 16.2 Å². The Bertz CT molecular complexity index is 698. The Kier molecular flexibility index (Phi) is 5.22. The van der Waals surface area contributed by atoms with Crippen molar-refractivity contribution in [3.05, 3.63) is 35.4 Å². The van der Waals surface area contributed by atoms with Crippen molar-refractivity contribution in [1.29, 1.82) is 0 Å². The number of carboxylic acid groups (broad SMARTS) is 1. The van der Waals surface area contributed by atoms with E-state index in [0.717, 1.165) is 37.7 Å². The van der Waals surface area contributed by atoms with Gasteiger partial charge in [0.1, 0.15) is 0 Å². The molecule has 3 rings (SSSR count). The van der Waals surface area contributed by atoms with Gasteiger partial charge in [-0.3, -0.25) is 0 Å². The standard InChI is InChI=1S/C17H24N2O4S/c20-17(21)15-7-4-6-14(12-15)16-8-5-11-19(13-16)24(22,23)18-9-2-1-3-10-18/h4,6-7,12,16H,1-3,5,8-11,13H2,(H,20,21). The fourth-order valence-electron chi connectivity index (χ4n) is 3.61. The molecule has 1 atom stereocenters. The molecule has 2 aliphatic heterocycles. The third-order valence-electron chi connectivity index (χ3n) is 4.96. The molecular formula is C17H24N2O4S. The van der Waals surface area contributed by atoms with Crippen molar-refractivity contribution in [1.82, 2.24) is 8.61 Å². The zero-order chi connectivity index (χ0) is 17.2. The average molecular weight is 352 g/mol. The lowest BCUT2D eigenvalue weighted by Gasteiger charge is -2.37. The maximum absolute atomic E-state index is 12.9. The molecule has 2 aliphatic rings. The second-order valence-corrected chi connectivity index (χ2v) is 8.52. The Labute approximate surface area is 143 Å². The summed E-state index contributed by atoms with van der Waals surface area (Å²) in [6, 6.07) is 6.87. The smallest absolute Gasteiger partial charge is 0.335 e. The minimum absolute atomic E-state index is 0.0533. The maximum atomic E-state index is 12.9. The molecule has 2 fully saturated rings. The normalized spacial score (nSPS) is 23.9. The lowest BCUT2D eigenvalue weighted by atomic mass is 9.91. The first-order chi connectivity index (χ1) is 11.5. The van der Waals surface area contributed by atoms with Crippen LogP contribution >= 0.6 is 0 Å².